The van der Waals surface area contributed by atoms with Crippen molar-refractivity contribution in [3.05, 3.63) is 29.8 Å². The van der Waals surface area contributed by atoms with Crippen molar-refractivity contribution in [1.82, 2.24) is 0 Å². The molecule has 1 aliphatic rings. The van der Waals surface area contributed by atoms with Crippen LogP contribution >= 0.6 is 0 Å². The molecule has 1 fully saturated rings. The molecule has 16 heavy (non-hydrogen) atoms. The minimum absolute atomic E-state index is 0.134. The van der Waals surface area contributed by atoms with Gasteiger partial charge in [0.25, 0.3) is 0 Å². The largest absolute Gasteiger partial charge is 0.371 e. The summed E-state index contributed by atoms with van der Waals surface area (Å²) in [6.07, 6.45) is 2.69. The third-order valence-corrected chi connectivity index (χ3v) is 3.44. The van der Waals surface area contributed by atoms with E-state index in [9.17, 15) is 0 Å². The van der Waals surface area contributed by atoms with Gasteiger partial charge in [-0.1, -0.05) is 19.1 Å². The Hall–Kier alpha value is -1.02. The number of piperidine rings is 1. The van der Waals surface area contributed by atoms with E-state index >= 15 is 0 Å². The maximum atomic E-state index is 5.85. The Morgan fingerprint density at radius 3 is 2.56 bits per heavy atom. The number of hydrogen-bond acceptors (Lipinski definition) is 2. The predicted molar refractivity (Wildman–Crippen MR) is 69.7 cm³/mol. The van der Waals surface area contributed by atoms with Crippen LogP contribution in [0, 0.1) is 5.92 Å². The van der Waals surface area contributed by atoms with Crippen LogP contribution in [0.5, 0.6) is 0 Å². The van der Waals surface area contributed by atoms with Gasteiger partial charge in [-0.2, -0.15) is 0 Å². The van der Waals surface area contributed by atoms with Crippen LogP contribution < -0.4 is 10.6 Å². The summed E-state index contributed by atoms with van der Waals surface area (Å²) in [5.74, 6) is 0.821. The topological polar surface area (TPSA) is 29.3 Å². The summed E-state index contributed by atoms with van der Waals surface area (Å²) >= 11 is 0. The molecule has 2 N–H and O–H groups in total. The summed E-state index contributed by atoms with van der Waals surface area (Å²) in [6, 6.07) is 8.85. The van der Waals surface area contributed by atoms with Crippen molar-refractivity contribution in [1.29, 1.82) is 0 Å². The first-order valence-corrected chi connectivity index (χ1v) is 6.27. The molecule has 2 nitrogen and oxygen atoms in total. The van der Waals surface area contributed by atoms with Gasteiger partial charge in [-0.3, -0.25) is 0 Å². The Labute approximate surface area is 98.4 Å². The molecule has 1 heterocycles. The van der Waals surface area contributed by atoms with E-state index in [4.69, 9.17) is 5.73 Å². The molecule has 2 heteroatoms. The highest BCUT2D eigenvalue weighted by atomic mass is 15.1. The lowest BCUT2D eigenvalue weighted by molar-refractivity contribution is 0.447. The lowest BCUT2D eigenvalue weighted by atomic mass is 9.99. The molecule has 1 aliphatic heterocycles. The molecule has 1 saturated heterocycles. The highest BCUT2D eigenvalue weighted by Gasteiger charge is 2.16. The molecule has 2 rings (SSSR count). The van der Waals surface area contributed by atoms with E-state index in [1.165, 1.54) is 37.2 Å². The Morgan fingerprint density at radius 2 is 2.00 bits per heavy atom. The van der Waals surface area contributed by atoms with Crippen molar-refractivity contribution in [2.75, 3.05) is 18.0 Å². The van der Waals surface area contributed by atoms with Gasteiger partial charge in [0.2, 0.25) is 0 Å². The molecule has 0 bridgehead atoms. The molecule has 0 spiro atoms. The average molecular weight is 218 g/mol. The number of anilines is 1. The minimum atomic E-state index is 0.134. The summed E-state index contributed by atoms with van der Waals surface area (Å²) in [7, 11) is 0. The fourth-order valence-electron chi connectivity index (χ4n) is 2.41. The van der Waals surface area contributed by atoms with Crippen LogP contribution in [0.4, 0.5) is 5.69 Å². The van der Waals surface area contributed by atoms with Crippen LogP contribution in [0.25, 0.3) is 0 Å². The van der Waals surface area contributed by atoms with E-state index in [1.54, 1.807) is 0 Å². The molecule has 1 aromatic carbocycles. The minimum Gasteiger partial charge on any atom is -0.371 e. The van der Waals surface area contributed by atoms with Crippen LogP contribution in [-0.4, -0.2) is 13.1 Å². The zero-order valence-electron chi connectivity index (χ0n) is 10.3. The monoisotopic (exact) mass is 218 g/mol. The van der Waals surface area contributed by atoms with Gasteiger partial charge in [-0.15, -0.1) is 0 Å². The summed E-state index contributed by atoms with van der Waals surface area (Å²) in [5, 5.41) is 0. The highest BCUT2D eigenvalue weighted by molar-refractivity contribution is 5.48. The quantitative estimate of drug-likeness (QED) is 0.827. The molecule has 2 atom stereocenters. The molecule has 0 aliphatic carbocycles. The van der Waals surface area contributed by atoms with Crippen LogP contribution in [0.3, 0.4) is 0 Å². The smallest absolute Gasteiger partial charge is 0.0366 e. The number of rotatable bonds is 2. The maximum Gasteiger partial charge on any atom is 0.0366 e. The first-order valence-electron chi connectivity index (χ1n) is 6.27. The molecular formula is C14H22N2. The second-order valence-electron chi connectivity index (χ2n) is 5.07. The van der Waals surface area contributed by atoms with Crippen LogP contribution in [0.15, 0.2) is 24.3 Å². The summed E-state index contributed by atoms with van der Waals surface area (Å²) in [6.45, 7) is 6.75. The summed E-state index contributed by atoms with van der Waals surface area (Å²) in [4.78, 5) is 2.49. The SMILES string of the molecule is C[C@H]1CCCN(c2ccc([C@H](C)N)cc2)C1. The van der Waals surface area contributed by atoms with E-state index in [2.05, 4.69) is 36.1 Å². The van der Waals surface area contributed by atoms with Gasteiger partial charge in [-0.25, -0.2) is 0 Å². The maximum absolute atomic E-state index is 5.85. The van der Waals surface area contributed by atoms with Crippen molar-refractivity contribution in [2.24, 2.45) is 11.7 Å². The van der Waals surface area contributed by atoms with E-state index in [0.29, 0.717) is 0 Å². The third kappa shape index (κ3) is 2.56. The average Bonchev–Trinajstić information content (AvgIpc) is 2.29. The Bertz CT molecular complexity index is 329. The summed E-state index contributed by atoms with van der Waals surface area (Å²) < 4.78 is 0. The lowest BCUT2D eigenvalue weighted by Gasteiger charge is -2.33. The van der Waals surface area contributed by atoms with Crippen molar-refractivity contribution >= 4 is 5.69 Å². The van der Waals surface area contributed by atoms with Crippen molar-refractivity contribution in [3.63, 3.8) is 0 Å². The van der Waals surface area contributed by atoms with Gasteiger partial charge in [0.1, 0.15) is 0 Å². The van der Waals surface area contributed by atoms with E-state index < -0.39 is 0 Å². The zero-order valence-corrected chi connectivity index (χ0v) is 10.3. The van der Waals surface area contributed by atoms with E-state index in [0.717, 1.165) is 5.92 Å². The Morgan fingerprint density at radius 1 is 1.31 bits per heavy atom. The molecule has 0 saturated carbocycles. The van der Waals surface area contributed by atoms with Gasteiger partial charge in [0.05, 0.1) is 0 Å². The van der Waals surface area contributed by atoms with Crippen LogP contribution in [0.1, 0.15) is 38.3 Å². The molecular weight excluding hydrogens is 196 g/mol. The van der Waals surface area contributed by atoms with E-state index in [1.807, 2.05) is 6.92 Å². The summed E-state index contributed by atoms with van der Waals surface area (Å²) in [5.41, 5.74) is 8.41. The highest BCUT2D eigenvalue weighted by Crippen LogP contribution is 2.24. The standard InChI is InChI=1S/C14H22N2/c1-11-4-3-9-16(10-11)14-7-5-13(6-8-14)12(2)15/h5-8,11-12H,3-4,9-10,15H2,1-2H3/t11-,12-/m0/s1. The van der Waals surface area contributed by atoms with Crippen molar-refractivity contribution in [3.8, 4) is 0 Å². The fraction of sp³-hybridized carbons (Fsp3) is 0.571. The number of nitrogens with two attached hydrogens (primary N) is 1. The van der Waals surface area contributed by atoms with Crippen molar-refractivity contribution < 1.29 is 0 Å². The van der Waals surface area contributed by atoms with E-state index in [-0.39, 0.29) is 6.04 Å². The van der Waals surface area contributed by atoms with Gasteiger partial charge in [0.15, 0.2) is 0 Å². The first kappa shape index (κ1) is 11.5. The first-order chi connectivity index (χ1) is 7.66. The number of nitrogens with zero attached hydrogens (tertiary/aromatic N) is 1. The molecule has 0 unspecified atom stereocenters. The number of benzene rings is 1. The molecule has 88 valence electrons. The second kappa shape index (κ2) is 4.88. The third-order valence-electron chi connectivity index (χ3n) is 3.44. The zero-order chi connectivity index (χ0) is 11.5. The van der Waals surface area contributed by atoms with Gasteiger partial charge in [-0.05, 0) is 43.4 Å². The molecule has 0 aromatic heterocycles. The second-order valence-corrected chi connectivity index (χ2v) is 5.07. The molecule has 1 aromatic rings. The van der Waals surface area contributed by atoms with Gasteiger partial charge >= 0.3 is 0 Å². The number of hydrogen-bond donors (Lipinski definition) is 1. The predicted octanol–water partition coefficient (Wildman–Crippen LogP) is 2.94. The lowest BCUT2D eigenvalue weighted by Crippen LogP contribution is -2.34. The normalized spacial score (nSPS) is 23.2. The van der Waals surface area contributed by atoms with Gasteiger partial charge < -0.3 is 10.6 Å². The van der Waals surface area contributed by atoms with Crippen LogP contribution in [0.2, 0.25) is 0 Å². The molecule has 0 amide bonds. The van der Waals surface area contributed by atoms with Crippen LogP contribution in [-0.2, 0) is 0 Å². The Balaban J connectivity index is 2.09. The van der Waals surface area contributed by atoms with Gasteiger partial charge in [0, 0.05) is 24.8 Å². The molecule has 0 radical (unpaired) electrons. The fourth-order valence-corrected chi connectivity index (χ4v) is 2.41. The van der Waals surface area contributed by atoms with Crippen molar-refractivity contribution in [2.45, 2.75) is 32.7 Å². The Kier molecular flexibility index (Phi) is 3.49.